The molecule has 1 aliphatic heterocycles. The van der Waals surface area contributed by atoms with Crippen LogP contribution in [0.2, 0.25) is 0 Å². The normalized spacial score (nSPS) is 15.1. The number of hydrogen-bond donors (Lipinski definition) is 0. The number of methoxy groups -OCH3 is 2. The first kappa shape index (κ1) is 21.4. The molecule has 0 radical (unpaired) electrons. The second-order valence-electron chi connectivity index (χ2n) is 7.16. The first-order valence-electron chi connectivity index (χ1n) is 10.0. The number of allylic oxidation sites excluding steroid dienone is 1. The van der Waals surface area contributed by atoms with Crippen LogP contribution in [0.25, 0.3) is 6.08 Å². The summed E-state index contributed by atoms with van der Waals surface area (Å²) in [5.74, 6) is 0.115. The van der Waals surface area contributed by atoms with Gasteiger partial charge in [-0.3, -0.25) is 4.79 Å². The molecule has 5 heteroatoms. The third-order valence-electron chi connectivity index (χ3n) is 5.38. The lowest BCUT2D eigenvalue weighted by molar-refractivity contribution is -0.136. The molecule has 0 bridgehead atoms. The molecule has 0 spiro atoms. The predicted molar refractivity (Wildman–Crippen MR) is 117 cm³/mol. The number of ether oxygens (including phenoxy) is 2. The summed E-state index contributed by atoms with van der Waals surface area (Å²) in [4.78, 5) is 27.3. The summed E-state index contributed by atoms with van der Waals surface area (Å²) in [6.45, 7) is 4.36. The Morgan fingerprint density at radius 3 is 2.20 bits per heavy atom. The number of hydrogen-bond acceptors (Lipinski definition) is 4. The zero-order valence-corrected chi connectivity index (χ0v) is 17.9. The lowest BCUT2D eigenvalue weighted by atomic mass is 10.0. The second-order valence-corrected chi connectivity index (χ2v) is 7.16. The Balaban J connectivity index is 1.87. The molecule has 0 atom stereocenters. The van der Waals surface area contributed by atoms with E-state index in [1.54, 1.807) is 25.0 Å². The zero-order chi connectivity index (χ0) is 21.7. The van der Waals surface area contributed by atoms with Crippen molar-refractivity contribution in [3.63, 3.8) is 0 Å². The zero-order valence-electron chi connectivity index (χ0n) is 17.9. The number of benzene rings is 2. The highest BCUT2D eigenvalue weighted by atomic mass is 16.5. The quantitative estimate of drug-likeness (QED) is 0.512. The maximum absolute atomic E-state index is 13.2. The van der Waals surface area contributed by atoms with E-state index in [0.717, 1.165) is 23.3 Å². The summed E-state index contributed by atoms with van der Waals surface area (Å²) >= 11 is 0. The van der Waals surface area contributed by atoms with Gasteiger partial charge in [-0.15, -0.1) is 0 Å². The first-order chi connectivity index (χ1) is 14.5. The number of rotatable bonds is 7. The van der Waals surface area contributed by atoms with Crippen LogP contribution in [0.4, 0.5) is 0 Å². The van der Waals surface area contributed by atoms with Gasteiger partial charge in [-0.25, -0.2) is 4.79 Å². The lowest BCUT2D eigenvalue weighted by Gasteiger charge is -2.18. The molecule has 0 aromatic heterocycles. The molecular weight excluding hydrogens is 378 g/mol. The van der Waals surface area contributed by atoms with Gasteiger partial charge in [0, 0.05) is 12.2 Å². The summed E-state index contributed by atoms with van der Waals surface area (Å²) in [6.07, 6.45) is 3.38. The third kappa shape index (κ3) is 4.46. The predicted octanol–water partition coefficient (Wildman–Crippen LogP) is 4.17. The maximum Gasteiger partial charge on any atom is 0.340 e. The molecule has 0 saturated carbocycles. The van der Waals surface area contributed by atoms with Crippen LogP contribution in [-0.4, -0.2) is 37.5 Å². The monoisotopic (exact) mass is 405 g/mol. The van der Waals surface area contributed by atoms with E-state index < -0.39 is 5.97 Å². The highest BCUT2D eigenvalue weighted by Crippen LogP contribution is 2.32. The number of nitrogens with zero attached hydrogens (tertiary/aromatic N) is 1. The molecule has 0 fully saturated rings. The fraction of sp³-hybridized carbons (Fsp3) is 0.280. The van der Waals surface area contributed by atoms with Crippen molar-refractivity contribution in [2.45, 2.75) is 26.7 Å². The molecule has 1 heterocycles. The Morgan fingerprint density at radius 1 is 1.00 bits per heavy atom. The Labute approximate surface area is 177 Å². The minimum absolute atomic E-state index is 0.180. The minimum atomic E-state index is -0.496. The van der Waals surface area contributed by atoms with Gasteiger partial charge < -0.3 is 14.4 Å². The first-order valence-corrected chi connectivity index (χ1v) is 10.0. The van der Waals surface area contributed by atoms with Gasteiger partial charge in [-0.1, -0.05) is 43.3 Å². The van der Waals surface area contributed by atoms with Crippen molar-refractivity contribution in [1.82, 2.24) is 4.90 Å². The molecule has 2 aromatic carbocycles. The van der Waals surface area contributed by atoms with Crippen LogP contribution in [0.3, 0.4) is 0 Å². The molecule has 0 aliphatic carbocycles. The maximum atomic E-state index is 13.2. The molecule has 2 aromatic rings. The number of carbonyl (C=O) groups excluding carboxylic acids is 2. The molecule has 0 N–H and O–H groups in total. The summed E-state index contributed by atoms with van der Waals surface area (Å²) in [5, 5.41) is 0. The molecule has 156 valence electrons. The van der Waals surface area contributed by atoms with E-state index in [2.05, 4.69) is 6.92 Å². The number of aryl methyl sites for hydroxylation is 1. The fourth-order valence-corrected chi connectivity index (χ4v) is 3.55. The lowest BCUT2D eigenvalue weighted by Crippen LogP contribution is -2.27. The van der Waals surface area contributed by atoms with E-state index in [4.69, 9.17) is 9.47 Å². The minimum Gasteiger partial charge on any atom is -0.497 e. The smallest absolute Gasteiger partial charge is 0.340 e. The van der Waals surface area contributed by atoms with E-state index in [-0.39, 0.29) is 5.91 Å². The molecule has 1 aliphatic rings. The van der Waals surface area contributed by atoms with Gasteiger partial charge >= 0.3 is 5.97 Å². The Morgan fingerprint density at radius 2 is 1.63 bits per heavy atom. The second kappa shape index (κ2) is 9.44. The van der Waals surface area contributed by atoms with Crippen molar-refractivity contribution >= 4 is 18.0 Å². The SMILES string of the molecule is CCc1ccc(/C=C2\C(=O)N(CCc3ccc(OC)cc3)C(C)=C2C(=O)OC)cc1. The number of amides is 1. The standard InChI is InChI=1S/C25H27NO4/c1-5-18-6-8-20(9-7-18)16-22-23(25(28)30-4)17(2)26(24(22)27)15-14-19-10-12-21(29-3)13-11-19/h6-13,16H,5,14-15H2,1-4H3/b22-16-. The molecule has 1 amide bonds. The van der Waals surface area contributed by atoms with E-state index >= 15 is 0 Å². The highest BCUT2D eigenvalue weighted by Gasteiger charge is 2.36. The summed E-state index contributed by atoms with van der Waals surface area (Å²) in [5.41, 5.74) is 4.51. The van der Waals surface area contributed by atoms with Crippen molar-refractivity contribution in [1.29, 1.82) is 0 Å². The van der Waals surface area contributed by atoms with Gasteiger partial charge in [-0.2, -0.15) is 0 Å². The van der Waals surface area contributed by atoms with Gasteiger partial charge in [0.25, 0.3) is 5.91 Å². The van der Waals surface area contributed by atoms with Crippen LogP contribution in [0.5, 0.6) is 5.75 Å². The van der Waals surface area contributed by atoms with Crippen molar-refractivity contribution in [3.8, 4) is 5.75 Å². The highest BCUT2D eigenvalue weighted by molar-refractivity contribution is 6.16. The van der Waals surface area contributed by atoms with Gasteiger partial charge in [-0.05, 0) is 54.7 Å². The van der Waals surface area contributed by atoms with Crippen LogP contribution < -0.4 is 4.74 Å². The fourth-order valence-electron chi connectivity index (χ4n) is 3.55. The largest absolute Gasteiger partial charge is 0.497 e. The molecule has 0 unspecified atom stereocenters. The topological polar surface area (TPSA) is 55.8 Å². The van der Waals surface area contributed by atoms with Crippen molar-refractivity contribution in [3.05, 3.63) is 82.1 Å². The molecule has 3 rings (SSSR count). The van der Waals surface area contributed by atoms with Gasteiger partial charge in [0.15, 0.2) is 0 Å². The van der Waals surface area contributed by atoms with Gasteiger partial charge in [0.1, 0.15) is 5.75 Å². The molecule has 0 saturated heterocycles. The summed E-state index contributed by atoms with van der Waals surface area (Å²) < 4.78 is 10.2. The van der Waals surface area contributed by atoms with E-state index in [0.29, 0.717) is 29.8 Å². The van der Waals surface area contributed by atoms with E-state index in [1.807, 2.05) is 48.5 Å². The van der Waals surface area contributed by atoms with E-state index in [1.165, 1.54) is 12.7 Å². The third-order valence-corrected chi connectivity index (χ3v) is 5.38. The van der Waals surface area contributed by atoms with Gasteiger partial charge in [0.2, 0.25) is 0 Å². The number of esters is 1. The Kier molecular flexibility index (Phi) is 6.72. The average molecular weight is 405 g/mol. The van der Waals surface area contributed by atoms with Crippen molar-refractivity contribution < 1.29 is 19.1 Å². The summed E-state index contributed by atoms with van der Waals surface area (Å²) in [7, 11) is 2.96. The van der Waals surface area contributed by atoms with Crippen LogP contribution >= 0.6 is 0 Å². The van der Waals surface area contributed by atoms with Crippen molar-refractivity contribution in [2.24, 2.45) is 0 Å². The van der Waals surface area contributed by atoms with Crippen LogP contribution in [0.15, 0.2) is 65.4 Å². The van der Waals surface area contributed by atoms with Crippen molar-refractivity contribution in [2.75, 3.05) is 20.8 Å². The Hall–Kier alpha value is -3.34. The van der Waals surface area contributed by atoms with Crippen LogP contribution in [-0.2, 0) is 27.2 Å². The van der Waals surface area contributed by atoms with Crippen LogP contribution in [0, 0.1) is 0 Å². The molecule has 5 nitrogen and oxygen atoms in total. The van der Waals surface area contributed by atoms with Crippen LogP contribution in [0.1, 0.15) is 30.5 Å². The molecular formula is C25H27NO4. The number of carbonyl (C=O) groups is 2. The van der Waals surface area contributed by atoms with E-state index in [9.17, 15) is 9.59 Å². The molecule has 30 heavy (non-hydrogen) atoms. The van der Waals surface area contributed by atoms with Gasteiger partial charge in [0.05, 0.1) is 25.4 Å². The summed E-state index contributed by atoms with van der Waals surface area (Å²) in [6, 6.07) is 15.7. The average Bonchev–Trinajstić information content (AvgIpc) is 3.01. The Bertz CT molecular complexity index is 985.